The van der Waals surface area contributed by atoms with Gasteiger partial charge in [-0.3, -0.25) is 4.55 Å². The van der Waals surface area contributed by atoms with Crippen LogP contribution in [0.4, 0.5) is 13.2 Å². The summed E-state index contributed by atoms with van der Waals surface area (Å²) < 4.78 is 61.1. The molecule has 1 N–H and O–H groups in total. The van der Waals surface area contributed by atoms with Crippen molar-refractivity contribution in [2.45, 2.75) is 6.18 Å². The number of rotatable bonds is 1. The molecule has 3 nitrogen and oxygen atoms in total. The van der Waals surface area contributed by atoms with E-state index >= 15 is 0 Å². The molecule has 0 amide bonds. The first kappa shape index (κ1) is 9.44. The third kappa shape index (κ3) is 2.36. The quantitative estimate of drug-likeness (QED) is 0.605. The smallest absolute Gasteiger partial charge is 0.282 e. The van der Waals surface area contributed by atoms with E-state index in [1.54, 1.807) is 0 Å². The van der Waals surface area contributed by atoms with Gasteiger partial charge in [0.25, 0.3) is 10.1 Å². The Morgan fingerprint density at radius 3 is 1.70 bits per heavy atom. The molecule has 0 heterocycles. The van der Waals surface area contributed by atoms with Gasteiger partial charge in [-0.2, -0.15) is 21.6 Å². The first-order chi connectivity index (χ1) is 4.15. The second-order valence-electron chi connectivity index (χ2n) is 1.40. The van der Waals surface area contributed by atoms with E-state index in [0.29, 0.717) is 0 Å². The summed E-state index contributed by atoms with van der Waals surface area (Å²) in [5.41, 5.74) is 0. The van der Waals surface area contributed by atoms with Gasteiger partial charge in [-0.25, -0.2) is 0 Å². The molecule has 7 heteroatoms. The normalized spacial score (nSPS) is 13.2. The van der Waals surface area contributed by atoms with Gasteiger partial charge in [-0.15, -0.1) is 0 Å². The van der Waals surface area contributed by atoms with Crippen molar-refractivity contribution in [3.8, 4) is 0 Å². The van der Waals surface area contributed by atoms with Crippen LogP contribution in [-0.4, -0.2) is 19.1 Å². The van der Waals surface area contributed by atoms with Crippen molar-refractivity contribution in [1.29, 1.82) is 0 Å². The van der Waals surface area contributed by atoms with Crippen LogP contribution in [0.2, 0.25) is 0 Å². The summed E-state index contributed by atoms with van der Waals surface area (Å²) >= 11 is 0. The Morgan fingerprint density at radius 2 is 1.70 bits per heavy atom. The molecule has 60 valence electrons. The van der Waals surface area contributed by atoms with E-state index in [1.807, 2.05) is 0 Å². The van der Waals surface area contributed by atoms with Gasteiger partial charge in [0.05, 0.1) is 0 Å². The van der Waals surface area contributed by atoms with Crippen LogP contribution >= 0.6 is 0 Å². The average Bonchev–Trinajstić information content (AvgIpc) is 1.59. The van der Waals surface area contributed by atoms with E-state index in [1.165, 1.54) is 0 Å². The minimum absolute atomic E-state index is 2.13. The fraction of sp³-hybridized carbons (Fsp3) is 0.333. The Morgan fingerprint density at radius 1 is 1.40 bits per heavy atom. The Hall–Kier alpha value is -0.560. The molecule has 10 heavy (non-hydrogen) atoms. The topological polar surface area (TPSA) is 54.4 Å². The van der Waals surface area contributed by atoms with Gasteiger partial charge < -0.3 is 0 Å². The molecule has 0 aliphatic heterocycles. The molecular formula is C3H3F3O3S. The molecule has 0 aromatic heterocycles. The first-order valence-electron chi connectivity index (χ1n) is 1.89. The molecule has 0 radical (unpaired) electrons. The summed E-state index contributed by atoms with van der Waals surface area (Å²) in [6.45, 7) is 2.13. The second-order valence-corrected chi connectivity index (χ2v) is 2.84. The molecule has 0 aliphatic carbocycles. The standard InChI is InChI=1S/C3H3F3O3S/c1-2(3(4,5)6)10(7,8)9/h1H2,(H,7,8,9). The van der Waals surface area contributed by atoms with Gasteiger partial charge in [0, 0.05) is 0 Å². The fourth-order valence-corrected chi connectivity index (χ4v) is 0.439. The van der Waals surface area contributed by atoms with Crippen LogP contribution < -0.4 is 0 Å². The highest BCUT2D eigenvalue weighted by molar-refractivity contribution is 7.89. The van der Waals surface area contributed by atoms with E-state index in [0.717, 1.165) is 0 Å². The van der Waals surface area contributed by atoms with Crippen molar-refractivity contribution in [2.75, 3.05) is 0 Å². The predicted octanol–water partition coefficient (Wildman–Crippen LogP) is 0.950. The van der Waals surface area contributed by atoms with Crippen molar-refractivity contribution < 1.29 is 26.1 Å². The van der Waals surface area contributed by atoms with Gasteiger partial charge in [0.2, 0.25) is 0 Å². The molecule has 0 bridgehead atoms. The Labute approximate surface area is 54.9 Å². The minimum atomic E-state index is -5.18. The van der Waals surface area contributed by atoms with Gasteiger partial charge in [-0.05, 0) is 0 Å². The molecule has 0 rings (SSSR count). The number of hydrogen-bond donors (Lipinski definition) is 1. The zero-order chi connectivity index (χ0) is 8.58. The van der Waals surface area contributed by atoms with Crippen molar-refractivity contribution in [2.24, 2.45) is 0 Å². The third-order valence-electron chi connectivity index (χ3n) is 0.628. The Kier molecular flexibility index (Phi) is 2.12. The third-order valence-corrected chi connectivity index (χ3v) is 1.48. The SMILES string of the molecule is C=C(C(F)(F)F)S(=O)(=O)O. The van der Waals surface area contributed by atoms with Crippen LogP contribution in [0.25, 0.3) is 0 Å². The monoisotopic (exact) mass is 176 g/mol. The van der Waals surface area contributed by atoms with E-state index in [9.17, 15) is 21.6 Å². The highest BCUT2D eigenvalue weighted by Gasteiger charge is 2.39. The molecule has 0 atom stereocenters. The van der Waals surface area contributed by atoms with Gasteiger partial charge in [-0.1, -0.05) is 6.58 Å². The summed E-state index contributed by atoms with van der Waals surface area (Å²) in [4.78, 5) is -2.15. The molecule has 0 aliphatic rings. The molecule has 0 unspecified atom stereocenters. The van der Waals surface area contributed by atoms with Crippen molar-refractivity contribution in [3.05, 3.63) is 11.5 Å². The average molecular weight is 176 g/mol. The van der Waals surface area contributed by atoms with Crippen LogP contribution in [0.3, 0.4) is 0 Å². The predicted molar refractivity (Wildman–Crippen MR) is 26.7 cm³/mol. The van der Waals surface area contributed by atoms with Crippen LogP contribution in [0.5, 0.6) is 0 Å². The van der Waals surface area contributed by atoms with Crippen LogP contribution in [0.15, 0.2) is 11.5 Å². The molecule has 0 aromatic carbocycles. The fourth-order valence-electron chi connectivity index (χ4n) is 0.146. The number of hydrogen-bond acceptors (Lipinski definition) is 2. The lowest BCUT2D eigenvalue weighted by atomic mass is 10.6. The zero-order valence-corrected chi connectivity index (χ0v) is 5.33. The van der Waals surface area contributed by atoms with Gasteiger partial charge >= 0.3 is 6.18 Å². The van der Waals surface area contributed by atoms with Crippen molar-refractivity contribution in [3.63, 3.8) is 0 Å². The highest BCUT2D eigenvalue weighted by Crippen LogP contribution is 2.27. The zero-order valence-electron chi connectivity index (χ0n) is 4.51. The van der Waals surface area contributed by atoms with Crippen molar-refractivity contribution in [1.82, 2.24) is 0 Å². The molecular weight excluding hydrogens is 173 g/mol. The largest absolute Gasteiger partial charge is 0.428 e. The lowest BCUT2D eigenvalue weighted by molar-refractivity contribution is -0.0846. The van der Waals surface area contributed by atoms with Gasteiger partial charge in [0.1, 0.15) is 0 Å². The van der Waals surface area contributed by atoms with E-state index in [-0.39, 0.29) is 0 Å². The Balaban J connectivity index is 4.75. The molecule has 0 aromatic rings. The number of halogens is 3. The van der Waals surface area contributed by atoms with Crippen LogP contribution in [0, 0.1) is 0 Å². The number of alkyl halides is 3. The summed E-state index contributed by atoms with van der Waals surface area (Å²) in [5, 5.41) is 0. The van der Waals surface area contributed by atoms with E-state index in [4.69, 9.17) is 4.55 Å². The lowest BCUT2D eigenvalue weighted by Crippen LogP contribution is -2.18. The highest BCUT2D eigenvalue weighted by atomic mass is 32.2. The maximum absolute atomic E-state index is 11.3. The van der Waals surface area contributed by atoms with Gasteiger partial charge in [0.15, 0.2) is 4.91 Å². The lowest BCUT2D eigenvalue weighted by Gasteiger charge is -2.04. The minimum Gasteiger partial charge on any atom is -0.282 e. The summed E-state index contributed by atoms with van der Waals surface area (Å²) in [6, 6.07) is 0. The van der Waals surface area contributed by atoms with E-state index in [2.05, 4.69) is 6.58 Å². The Bertz CT molecular complexity index is 236. The second kappa shape index (κ2) is 2.24. The number of allylic oxidation sites excluding steroid dienone is 1. The molecule has 0 spiro atoms. The summed E-state index contributed by atoms with van der Waals surface area (Å²) in [5.74, 6) is 0. The molecule has 0 saturated carbocycles. The van der Waals surface area contributed by atoms with Crippen LogP contribution in [0.1, 0.15) is 0 Å². The molecule has 0 saturated heterocycles. The maximum Gasteiger partial charge on any atom is 0.428 e. The van der Waals surface area contributed by atoms with E-state index < -0.39 is 21.2 Å². The van der Waals surface area contributed by atoms with Crippen molar-refractivity contribution >= 4 is 10.1 Å². The summed E-state index contributed by atoms with van der Waals surface area (Å²) in [7, 11) is -5.18. The first-order valence-corrected chi connectivity index (χ1v) is 3.33. The molecule has 0 fully saturated rings. The maximum atomic E-state index is 11.3. The summed E-state index contributed by atoms with van der Waals surface area (Å²) in [6.07, 6.45) is -5.09. The van der Waals surface area contributed by atoms with Crippen LogP contribution in [-0.2, 0) is 10.1 Å².